The van der Waals surface area contributed by atoms with E-state index in [1.165, 1.54) is 0 Å². The summed E-state index contributed by atoms with van der Waals surface area (Å²) in [6.45, 7) is 4.14. The van der Waals surface area contributed by atoms with Crippen LogP contribution in [0.15, 0.2) is 30.3 Å². The van der Waals surface area contributed by atoms with E-state index in [0.717, 1.165) is 44.4 Å². The average Bonchev–Trinajstić information content (AvgIpc) is 2.51. The van der Waals surface area contributed by atoms with Gasteiger partial charge in [-0.15, -0.1) is 0 Å². The molecule has 4 heteroatoms. The standard InChI is InChI=1S/C17H28N2O2/c1-3-9-16(18)17(20)19(12-7-8-13-21-2)14-15-10-5-4-6-11-15/h4-6,10-11,16H,3,7-9,12-14,18H2,1-2H3. The van der Waals surface area contributed by atoms with Gasteiger partial charge in [-0.25, -0.2) is 0 Å². The van der Waals surface area contributed by atoms with E-state index in [2.05, 4.69) is 0 Å². The van der Waals surface area contributed by atoms with E-state index in [9.17, 15) is 4.79 Å². The molecule has 1 aromatic rings. The van der Waals surface area contributed by atoms with Gasteiger partial charge in [-0.2, -0.15) is 0 Å². The highest BCUT2D eigenvalue weighted by Gasteiger charge is 2.20. The van der Waals surface area contributed by atoms with Crippen LogP contribution < -0.4 is 5.73 Å². The highest BCUT2D eigenvalue weighted by Crippen LogP contribution is 2.09. The molecule has 0 heterocycles. The molecule has 1 rings (SSSR count). The number of carbonyl (C=O) groups excluding carboxylic acids is 1. The number of methoxy groups -OCH3 is 1. The second-order valence-electron chi connectivity index (χ2n) is 5.34. The summed E-state index contributed by atoms with van der Waals surface area (Å²) < 4.78 is 5.06. The van der Waals surface area contributed by atoms with Gasteiger partial charge in [0.05, 0.1) is 6.04 Å². The minimum atomic E-state index is -0.388. The highest BCUT2D eigenvalue weighted by atomic mass is 16.5. The Morgan fingerprint density at radius 1 is 1.29 bits per heavy atom. The summed E-state index contributed by atoms with van der Waals surface area (Å²) in [5.41, 5.74) is 7.14. The maximum atomic E-state index is 12.5. The predicted molar refractivity (Wildman–Crippen MR) is 85.9 cm³/mol. The van der Waals surface area contributed by atoms with Crippen molar-refractivity contribution in [1.29, 1.82) is 0 Å². The minimum absolute atomic E-state index is 0.0538. The molecule has 0 aliphatic carbocycles. The molecule has 1 amide bonds. The number of hydrogen-bond acceptors (Lipinski definition) is 3. The largest absolute Gasteiger partial charge is 0.385 e. The van der Waals surface area contributed by atoms with Crippen molar-refractivity contribution >= 4 is 5.91 Å². The van der Waals surface area contributed by atoms with E-state index in [1.807, 2.05) is 42.2 Å². The summed E-state index contributed by atoms with van der Waals surface area (Å²) in [6.07, 6.45) is 3.56. The van der Waals surface area contributed by atoms with E-state index >= 15 is 0 Å². The molecule has 0 radical (unpaired) electrons. The molecule has 1 aromatic carbocycles. The van der Waals surface area contributed by atoms with Crippen LogP contribution in [0, 0.1) is 0 Å². The predicted octanol–water partition coefficient (Wildman–Crippen LogP) is 2.57. The van der Waals surface area contributed by atoms with Gasteiger partial charge in [-0.05, 0) is 24.8 Å². The number of carbonyl (C=O) groups is 1. The molecular weight excluding hydrogens is 264 g/mol. The van der Waals surface area contributed by atoms with Gasteiger partial charge in [0.25, 0.3) is 0 Å². The number of benzene rings is 1. The summed E-state index contributed by atoms with van der Waals surface area (Å²) in [5, 5.41) is 0. The summed E-state index contributed by atoms with van der Waals surface area (Å²) in [4.78, 5) is 14.4. The third-order valence-electron chi connectivity index (χ3n) is 3.47. The van der Waals surface area contributed by atoms with Crippen molar-refractivity contribution in [3.63, 3.8) is 0 Å². The summed E-state index contributed by atoms with van der Waals surface area (Å²) in [6, 6.07) is 9.67. The molecule has 21 heavy (non-hydrogen) atoms. The first-order chi connectivity index (χ1) is 10.2. The van der Waals surface area contributed by atoms with Crippen LogP contribution in [0.1, 0.15) is 38.2 Å². The van der Waals surface area contributed by atoms with Crippen LogP contribution in [0.25, 0.3) is 0 Å². The lowest BCUT2D eigenvalue weighted by Gasteiger charge is -2.26. The van der Waals surface area contributed by atoms with E-state index in [0.29, 0.717) is 6.54 Å². The maximum Gasteiger partial charge on any atom is 0.239 e. The number of unbranched alkanes of at least 4 members (excludes halogenated alkanes) is 1. The fourth-order valence-electron chi connectivity index (χ4n) is 2.29. The summed E-state index contributed by atoms with van der Waals surface area (Å²) in [7, 11) is 1.70. The van der Waals surface area contributed by atoms with Crippen molar-refractivity contribution in [3.05, 3.63) is 35.9 Å². The highest BCUT2D eigenvalue weighted by molar-refractivity contribution is 5.81. The maximum absolute atomic E-state index is 12.5. The molecule has 4 nitrogen and oxygen atoms in total. The lowest BCUT2D eigenvalue weighted by Crippen LogP contribution is -2.43. The van der Waals surface area contributed by atoms with Crippen molar-refractivity contribution < 1.29 is 9.53 Å². The zero-order valence-corrected chi connectivity index (χ0v) is 13.3. The molecule has 0 fully saturated rings. The molecule has 0 aliphatic heterocycles. The molecule has 0 saturated carbocycles. The minimum Gasteiger partial charge on any atom is -0.385 e. The first kappa shape index (κ1) is 17.7. The Hall–Kier alpha value is -1.39. The van der Waals surface area contributed by atoms with Gasteiger partial charge in [-0.1, -0.05) is 43.7 Å². The second kappa shape index (κ2) is 10.4. The van der Waals surface area contributed by atoms with Crippen LogP contribution in [0.2, 0.25) is 0 Å². The number of nitrogens with zero attached hydrogens (tertiary/aromatic N) is 1. The SMILES string of the molecule is CCCC(N)C(=O)N(CCCCOC)Cc1ccccc1. The van der Waals surface area contributed by atoms with Gasteiger partial charge < -0.3 is 15.4 Å². The fraction of sp³-hybridized carbons (Fsp3) is 0.588. The Bertz CT molecular complexity index is 395. The van der Waals surface area contributed by atoms with E-state index in [-0.39, 0.29) is 11.9 Å². The Labute approximate surface area is 128 Å². The Morgan fingerprint density at radius 2 is 2.00 bits per heavy atom. The van der Waals surface area contributed by atoms with Crippen LogP contribution in [0.5, 0.6) is 0 Å². The number of ether oxygens (including phenoxy) is 1. The third-order valence-corrected chi connectivity index (χ3v) is 3.47. The zero-order chi connectivity index (χ0) is 15.5. The monoisotopic (exact) mass is 292 g/mol. The first-order valence-corrected chi connectivity index (χ1v) is 7.76. The zero-order valence-electron chi connectivity index (χ0n) is 13.3. The van der Waals surface area contributed by atoms with Crippen LogP contribution in [-0.4, -0.2) is 37.1 Å². The second-order valence-corrected chi connectivity index (χ2v) is 5.34. The van der Waals surface area contributed by atoms with Gasteiger partial charge in [-0.3, -0.25) is 4.79 Å². The van der Waals surface area contributed by atoms with E-state index in [1.54, 1.807) is 7.11 Å². The van der Waals surface area contributed by atoms with Gasteiger partial charge in [0.15, 0.2) is 0 Å². The van der Waals surface area contributed by atoms with Crippen LogP contribution in [-0.2, 0) is 16.1 Å². The van der Waals surface area contributed by atoms with Gasteiger partial charge >= 0.3 is 0 Å². The van der Waals surface area contributed by atoms with Gasteiger partial charge in [0.2, 0.25) is 5.91 Å². The number of nitrogens with two attached hydrogens (primary N) is 1. The number of hydrogen-bond donors (Lipinski definition) is 1. The molecule has 118 valence electrons. The molecule has 0 aromatic heterocycles. The Morgan fingerprint density at radius 3 is 2.62 bits per heavy atom. The van der Waals surface area contributed by atoms with Crippen LogP contribution in [0.4, 0.5) is 0 Å². The Balaban J connectivity index is 2.62. The topological polar surface area (TPSA) is 55.6 Å². The molecule has 2 N–H and O–H groups in total. The molecule has 0 aliphatic rings. The first-order valence-electron chi connectivity index (χ1n) is 7.76. The smallest absolute Gasteiger partial charge is 0.239 e. The van der Waals surface area contributed by atoms with Gasteiger partial charge in [0.1, 0.15) is 0 Å². The van der Waals surface area contributed by atoms with Crippen molar-refractivity contribution in [2.75, 3.05) is 20.3 Å². The molecule has 1 unspecified atom stereocenters. The van der Waals surface area contributed by atoms with Crippen molar-refractivity contribution in [2.45, 2.75) is 45.2 Å². The molecule has 0 bridgehead atoms. The van der Waals surface area contributed by atoms with Crippen LogP contribution in [0.3, 0.4) is 0 Å². The van der Waals surface area contributed by atoms with Crippen molar-refractivity contribution in [3.8, 4) is 0 Å². The lowest BCUT2D eigenvalue weighted by atomic mass is 10.1. The Kier molecular flexibility index (Phi) is 8.71. The number of amides is 1. The number of rotatable bonds is 10. The normalized spacial score (nSPS) is 12.1. The van der Waals surface area contributed by atoms with Crippen molar-refractivity contribution in [2.24, 2.45) is 5.73 Å². The summed E-state index contributed by atoms with van der Waals surface area (Å²) in [5.74, 6) is 0.0538. The van der Waals surface area contributed by atoms with Crippen LogP contribution >= 0.6 is 0 Å². The average molecular weight is 292 g/mol. The van der Waals surface area contributed by atoms with E-state index < -0.39 is 0 Å². The molecule has 0 spiro atoms. The fourth-order valence-corrected chi connectivity index (χ4v) is 2.29. The summed E-state index contributed by atoms with van der Waals surface area (Å²) >= 11 is 0. The van der Waals surface area contributed by atoms with Gasteiger partial charge in [0, 0.05) is 26.8 Å². The quantitative estimate of drug-likeness (QED) is 0.674. The lowest BCUT2D eigenvalue weighted by molar-refractivity contribution is -0.133. The molecule has 1 atom stereocenters. The third kappa shape index (κ3) is 6.74. The van der Waals surface area contributed by atoms with E-state index in [4.69, 9.17) is 10.5 Å². The molecular formula is C17H28N2O2. The molecule has 0 saturated heterocycles. The van der Waals surface area contributed by atoms with Crippen molar-refractivity contribution in [1.82, 2.24) is 4.90 Å².